The lowest BCUT2D eigenvalue weighted by Gasteiger charge is -2.40. The lowest BCUT2D eigenvalue weighted by Crippen LogP contribution is -2.53. The van der Waals surface area contributed by atoms with Crippen molar-refractivity contribution in [3.8, 4) is 0 Å². The molecule has 0 aromatic rings. The third-order valence-electron chi connectivity index (χ3n) is 8.85. The Labute approximate surface area is 255 Å². The first-order valence-electron chi connectivity index (χ1n) is 16.1. The minimum Gasteiger partial charge on any atom is -0.450 e. The van der Waals surface area contributed by atoms with Gasteiger partial charge in [0.25, 0.3) is 0 Å². The Morgan fingerprint density at radius 1 is 0.930 bits per heavy atom. The van der Waals surface area contributed by atoms with Crippen LogP contribution < -0.4 is 21.4 Å². The summed E-state index contributed by atoms with van der Waals surface area (Å²) in [6.45, 7) is 7.69. The van der Waals surface area contributed by atoms with E-state index in [0.29, 0.717) is 51.4 Å². The number of amides is 5. The predicted octanol–water partition coefficient (Wildman–Crippen LogP) is 1.54. The van der Waals surface area contributed by atoms with E-state index in [1.54, 1.807) is 10.4 Å². The van der Waals surface area contributed by atoms with Crippen LogP contribution in [-0.4, -0.2) is 103 Å². The van der Waals surface area contributed by atoms with E-state index in [1.807, 2.05) is 13.8 Å². The van der Waals surface area contributed by atoms with Gasteiger partial charge in [0.1, 0.15) is 6.04 Å². The van der Waals surface area contributed by atoms with Crippen LogP contribution in [-0.2, 0) is 23.9 Å². The van der Waals surface area contributed by atoms with E-state index in [-0.39, 0.29) is 37.8 Å². The molecule has 0 saturated carbocycles. The summed E-state index contributed by atoms with van der Waals surface area (Å²) in [6, 6.07) is -0.412. The fourth-order valence-electron chi connectivity index (χ4n) is 6.45. The summed E-state index contributed by atoms with van der Waals surface area (Å²) in [6.07, 6.45) is 7.28. The highest BCUT2D eigenvalue weighted by molar-refractivity contribution is 5.92. The number of cyclic esters (lactones) is 1. The number of carbonyl (C=O) groups excluding carboxylic acids is 5. The second-order valence-corrected chi connectivity index (χ2v) is 12.5. The van der Waals surface area contributed by atoms with E-state index in [0.717, 1.165) is 25.9 Å². The van der Waals surface area contributed by atoms with Gasteiger partial charge in [-0.1, -0.05) is 20.3 Å². The van der Waals surface area contributed by atoms with Gasteiger partial charge in [0, 0.05) is 31.6 Å². The number of likely N-dealkylation sites (tertiary alicyclic amines) is 2. The number of rotatable bonds is 7. The van der Waals surface area contributed by atoms with E-state index in [9.17, 15) is 29.2 Å². The van der Waals surface area contributed by atoms with Crippen LogP contribution in [0.5, 0.6) is 0 Å². The SMILES string of the molecule is CC(C)C[C@H]1C(=O)N[C@H](C(=O)NCC(=O)N2CCC(N3CCCCC3)CC2)CCCCNC(=O)OCCC[C@@H]1C(=O)NO. The molecule has 0 aliphatic carbocycles. The summed E-state index contributed by atoms with van der Waals surface area (Å²) in [5.41, 5.74) is 1.67. The van der Waals surface area contributed by atoms with Gasteiger partial charge in [-0.05, 0) is 83.2 Å². The Hall–Kier alpha value is -2.93. The number of hydroxylamine groups is 1. The summed E-state index contributed by atoms with van der Waals surface area (Å²) in [5, 5.41) is 17.6. The van der Waals surface area contributed by atoms with Gasteiger partial charge in [-0.2, -0.15) is 0 Å². The molecule has 5 N–H and O–H groups in total. The molecule has 3 atom stereocenters. The number of nitrogens with one attached hydrogen (secondary N) is 4. The molecule has 0 bridgehead atoms. The third kappa shape index (κ3) is 11.3. The summed E-state index contributed by atoms with van der Waals surface area (Å²) >= 11 is 0. The molecule has 244 valence electrons. The molecule has 0 radical (unpaired) electrons. The van der Waals surface area contributed by atoms with E-state index in [4.69, 9.17) is 4.74 Å². The van der Waals surface area contributed by atoms with Crippen molar-refractivity contribution in [2.75, 3.05) is 45.9 Å². The average molecular weight is 609 g/mol. The molecule has 5 amide bonds. The Kier molecular flexibility index (Phi) is 14.5. The quantitative estimate of drug-likeness (QED) is 0.214. The molecule has 0 spiro atoms. The summed E-state index contributed by atoms with van der Waals surface area (Å²) in [4.78, 5) is 68.9. The lowest BCUT2D eigenvalue weighted by atomic mass is 9.81. The van der Waals surface area contributed by atoms with Crippen molar-refractivity contribution in [2.24, 2.45) is 17.8 Å². The first-order chi connectivity index (χ1) is 20.7. The van der Waals surface area contributed by atoms with Crippen LogP contribution in [0.1, 0.15) is 84.5 Å². The Balaban J connectivity index is 1.63. The molecule has 3 aliphatic heterocycles. The van der Waals surface area contributed by atoms with Crippen molar-refractivity contribution >= 4 is 29.7 Å². The van der Waals surface area contributed by atoms with Gasteiger partial charge in [-0.3, -0.25) is 24.4 Å². The fourth-order valence-corrected chi connectivity index (χ4v) is 6.45. The number of carbonyl (C=O) groups is 5. The zero-order chi connectivity index (χ0) is 31.2. The highest BCUT2D eigenvalue weighted by Gasteiger charge is 2.36. The van der Waals surface area contributed by atoms with Crippen molar-refractivity contribution in [1.82, 2.24) is 31.2 Å². The second-order valence-electron chi connectivity index (χ2n) is 12.5. The molecule has 3 rings (SSSR count). The normalized spacial score (nSPS) is 25.9. The van der Waals surface area contributed by atoms with Gasteiger partial charge in [0.15, 0.2) is 0 Å². The van der Waals surface area contributed by atoms with Crippen LogP contribution in [0.25, 0.3) is 0 Å². The maximum Gasteiger partial charge on any atom is 0.407 e. The van der Waals surface area contributed by atoms with Gasteiger partial charge >= 0.3 is 6.09 Å². The fraction of sp³-hybridized carbons (Fsp3) is 0.833. The van der Waals surface area contributed by atoms with Gasteiger partial charge in [0.2, 0.25) is 23.6 Å². The molecule has 0 aromatic heterocycles. The van der Waals surface area contributed by atoms with E-state index < -0.39 is 41.7 Å². The number of nitrogens with zero attached hydrogens (tertiary/aromatic N) is 2. The zero-order valence-electron chi connectivity index (χ0n) is 25.9. The molecule has 0 aromatic carbocycles. The molecule has 3 aliphatic rings. The monoisotopic (exact) mass is 608 g/mol. The Morgan fingerprint density at radius 2 is 1.65 bits per heavy atom. The van der Waals surface area contributed by atoms with Crippen LogP contribution in [0, 0.1) is 17.8 Å². The molecule has 13 heteroatoms. The maximum atomic E-state index is 13.6. The highest BCUT2D eigenvalue weighted by Crippen LogP contribution is 2.26. The van der Waals surface area contributed by atoms with Crippen molar-refractivity contribution in [3.05, 3.63) is 0 Å². The van der Waals surface area contributed by atoms with Crippen LogP contribution in [0.4, 0.5) is 4.79 Å². The largest absolute Gasteiger partial charge is 0.450 e. The summed E-state index contributed by atoms with van der Waals surface area (Å²) in [7, 11) is 0. The van der Waals surface area contributed by atoms with Crippen LogP contribution in [0.2, 0.25) is 0 Å². The molecular weight excluding hydrogens is 556 g/mol. The summed E-state index contributed by atoms with van der Waals surface area (Å²) in [5.74, 6) is -3.42. The predicted molar refractivity (Wildman–Crippen MR) is 159 cm³/mol. The van der Waals surface area contributed by atoms with Crippen LogP contribution in [0.15, 0.2) is 0 Å². The van der Waals surface area contributed by atoms with Crippen molar-refractivity contribution in [1.29, 1.82) is 0 Å². The maximum absolute atomic E-state index is 13.6. The third-order valence-corrected chi connectivity index (χ3v) is 8.85. The second kappa shape index (κ2) is 18.0. The number of ether oxygens (including phenoxy) is 1. The minimum atomic E-state index is -0.922. The molecule has 3 heterocycles. The first-order valence-corrected chi connectivity index (χ1v) is 16.1. The van der Waals surface area contributed by atoms with Crippen molar-refractivity contribution in [3.63, 3.8) is 0 Å². The average Bonchev–Trinajstić information content (AvgIpc) is 3.01. The Bertz CT molecular complexity index is 934. The van der Waals surface area contributed by atoms with E-state index in [2.05, 4.69) is 20.9 Å². The minimum absolute atomic E-state index is 0.0535. The lowest BCUT2D eigenvalue weighted by molar-refractivity contribution is -0.142. The van der Waals surface area contributed by atoms with Crippen molar-refractivity contribution in [2.45, 2.75) is 96.6 Å². The summed E-state index contributed by atoms with van der Waals surface area (Å²) < 4.78 is 5.18. The highest BCUT2D eigenvalue weighted by atomic mass is 16.5. The number of hydrogen-bond acceptors (Lipinski definition) is 8. The van der Waals surface area contributed by atoms with Crippen LogP contribution >= 0.6 is 0 Å². The molecule has 43 heavy (non-hydrogen) atoms. The molecule has 3 saturated heterocycles. The zero-order valence-corrected chi connectivity index (χ0v) is 25.9. The molecule has 0 unspecified atom stereocenters. The van der Waals surface area contributed by atoms with Gasteiger partial charge in [-0.25, -0.2) is 10.3 Å². The van der Waals surface area contributed by atoms with Gasteiger partial charge in [-0.15, -0.1) is 0 Å². The van der Waals surface area contributed by atoms with E-state index in [1.165, 1.54) is 19.3 Å². The van der Waals surface area contributed by atoms with Gasteiger partial charge < -0.3 is 30.5 Å². The number of hydrogen-bond donors (Lipinski definition) is 5. The van der Waals surface area contributed by atoms with Crippen molar-refractivity contribution < 1.29 is 33.9 Å². The molecule has 13 nitrogen and oxygen atoms in total. The topological polar surface area (TPSA) is 169 Å². The molecular formula is C30H52N6O7. The standard InChI is InChI=1S/C30H52N6O7/c1-21(2)19-24-23(28(39)34-42)9-8-18-43-30(41)31-13-5-4-10-25(33-27(24)38)29(40)32-20-26(37)36-16-11-22(12-17-36)35-14-6-3-7-15-35/h21-25,42H,3-20H2,1-2H3,(H,31,41)(H,32,40)(H,33,38)(H,34,39)/t23-,24+,25-/m0/s1. The Morgan fingerprint density at radius 3 is 2.33 bits per heavy atom. The van der Waals surface area contributed by atoms with E-state index >= 15 is 0 Å². The molecule has 3 fully saturated rings. The number of piperidine rings is 2. The first kappa shape index (κ1) is 34.6. The van der Waals surface area contributed by atoms with Crippen LogP contribution in [0.3, 0.4) is 0 Å². The number of alkyl carbamates (subject to hydrolysis) is 1. The smallest absolute Gasteiger partial charge is 0.407 e. The van der Waals surface area contributed by atoms with Gasteiger partial charge in [0.05, 0.1) is 19.1 Å².